The van der Waals surface area contributed by atoms with Gasteiger partial charge in [-0.15, -0.1) is 11.3 Å². The van der Waals surface area contributed by atoms with E-state index in [9.17, 15) is 8.42 Å². The van der Waals surface area contributed by atoms with Crippen molar-refractivity contribution >= 4 is 31.4 Å². The lowest BCUT2D eigenvalue weighted by Gasteiger charge is -2.00. The average molecular weight is 345 g/mol. The van der Waals surface area contributed by atoms with Crippen LogP contribution in [0.3, 0.4) is 0 Å². The number of sulfone groups is 1. The lowest BCUT2D eigenvalue weighted by Crippen LogP contribution is -1.97. The van der Waals surface area contributed by atoms with Gasteiger partial charge in [-0.1, -0.05) is 42.5 Å². The molecule has 0 radical (unpaired) electrons. The summed E-state index contributed by atoms with van der Waals surface area (Å²) in [4.78, 5) is 4.17. The molecule has 0 aliphatic heterocycles. The molecule has 23 heavy (non-hydrogen) atoms. The molecule has 2 aromatic carbocycles. The summed E-state index contributed by atoms with van der Waals surface area (Å²) in [6.07, 6.45) is 1.50. The number of fused-ring (bicyclic) bond motifs is 1. The number of rotatable bonds is 6. The van der Waals surface area contributed by atoms with E-state index in [1.807, 2.05) is 48.5 Å². The molecule has 0 N–H and O–H groups in total. The van der Waals surface area contributed by atoms with Crippen LogP contribution < -0.4 is 0 Å². The fourth-order valence-electron chi connectivity index (χ4n) is 2.02. The van der Waals surface area contributed by atoms with Gasteiger partial charge in [0, 0.05) is 5.41 Å². The van der Waals surface area contributed by atoms with Gasteiger partial charge in [-0.05, 0) is 23.8 Å². The van der Waals surface area contributed by atoms with E-state index in [0.29, 0.717) is 12.1 Å². The summed E-state index contributed by atoms with van der Waals surface area (Å²) in [5, 5.41) is 1.16. The predicted octanol–water partition coefficient (Wildman–Crippen LogP) is 3.80. The van der Waals surface area contributed by atoms with E-state index in [1.165, 1.54) is 17.4 Å². The number of benzene rings is 2. The molecule has 0 spiro atoms. The number of ether oxygens (including phenoxy) is 1. The van der Waals surface area contributed by atoms with Gasteiger partial charge in [0.25, 0.3) is 0 Å². The van der Waals surface area contributed by atoms with Crippen LogP contribution in [-0.4, -0.2) is 20.0 Å². The molecule has 0 bridgehead atoms. The third-order valence-corrected chi connectivity index (χ3v) is 6.03. The Morgan fingerprint density at radius 1 is 1.04 bits per heavy atom. The van der Waals surface area contributed by atoms with Crippen molar-refractivity contribution in [1.82, 2.24) is 4.98 Å². The zero-order valence-corrected chi connectivity index (χ0v) is 13.9. The first kappa shape index (κ1) is 15.9. The molecule has 0 atom stereocenters. The molecule has 118 valence electrons. The molecule has 6 heteroatoms. The van der Waals surface area contributed by atoms with Crippen LogP contribution in [0.15, 0.2) is 70.4 Å². The highest BCUT2D eigenvalue weighted by molar-refractivity contribution is 7.96. The van der Waals surface area contributed by atoms with Crippen LogP contribution in [0.25, 0.3) is 10.2 Å². The molecule has 0 aliphatic rings. The second kappa shape index (κ2) is 7.04. The van der Waals surface area contributed by atoms with Crippen LogP contribution in [0.1, 0.15) is 5.56 Å². The maximum absolute atomic E-state index is 12.2. The quantitative estimate of drug-likeness (QED) is 0.638. The topological polar surface area (TPSA) is 56.3 Å². The summed E-state index contributed by atoms with van der Waals surface area (Å²) in [5.74, 6) is 0. The van der Waals surface area contributed by atoms with E-state index in [-0.39, 0.29) is 10.9 Å². The van der Waals surface area contributed by atoms with E-state index in [2.05, 4.69) is 4.98 Å². The molecule has 0 saturated heterocycles. The van der Waals surface area contributed by atoms with Crippen molar-refractivity contribution in [2.24, 2.45) is 0 Å². The van der Waals surface area contributed by atoms with Crippen LogP contribution in [0.5, 0.6) is 0 Å². The highest BCUT2D eigenvalue weighted by atomic mass is 32.2. The Labute approximate surface area is 139 Å². The third kappa shape index (κ3) is 4.04. The number of thiazole rings is 1. The summed E-state index contributed by atoms with van der Waals surface area (Å²) in [7, 11) is -3.52. The minimum atomic E-state index is -3.52. The van der Waals surface area contributed by atoms with Crippen molar-refractivity contribution in [3.8, 4) is 0 Å². The standard InChI is InChI=1S/C17H15NO3S2/c19-23(20,17-18-15-9-4-5-10-16(15)22-17)12-6-11-21-13-14-7-2-1-3-8-14/h1-10,12H,11,13H2/b12-6+. The number of nitrogens with zero attached hydrogens (tertiary/aromatic N) is 1. The van der Waals surface area contributed by atoms with Crippen molar-refractivity contribution < 1.29 is 13.2 Å². The van der Waals surface area contributed by atoms with E-state index >= 15 is 0 Å². The van der Waals surface area contributed by atoms with Gasteiger partial charge in [-0.2, -0.15) is 0 Å². The Kier molecular flexibility index (Phi) is 4.85. The number of aromatic nitrogens is 1. The SMILES string of the molecule is O=S(=O)(/C=C/COCc1ccccc1)c1nc2ccccc2s1. The van der Waals surface area contributed by atoms with Crippen molar-refractivity contribution in [3.63, 3.8) is 0 Å². The van der Waals surface area contributed by atoms with Gasteiger partial charge in [-0.25, -0.2) is 13.4 Å². The molecule has 0 unspecified atom stereocenters. The van der Waals surface area contributed by atoms with Gasteiger partial charge >= 0.3 is 0 Å². The average Bonchev–Trinajstić information content (AvgIpc) is 3.00. The zero-order chi connectivity index (χ0) is 16.1. The van der Waals surface area contributed by atoms with Gasteiger partial charge in [0.05, 0.1) is 23.4 Å². The van der Waals surface area contributed by atoms with E-state index in [0.717, 1.165) is 15.7 Å². The van der Waals surface area contributed by atoms with Crippen LogP contribution in [0.2, 0.25) is 0 Å². The molecule has 1 heterocycles. The Morgan fingerprint density at radius 2 is 1.78 bits per heavy atom. The lowest BCUT2D eigenvalue weighted by atomic mass is 10.2. The highest BCUT2D eigenvalue weighted by Crippen LogP contribution is 2.26. The molecule has 3 aromatic rings. The Bertz CT molecular complexity index is 882. The Hall–Kier alpha value is -2.02. The first-order valence-corrected chi connectivity index (χ1v) is 9.40. The second-order valence-electron chi connectivity index (χ2n) is 4.87. The van der Waals surface area contributed by atoms with Crippen molar-refractivity contribution in [1.29, 1.82) is 0 Å². The maximum Gasteiger partial charge on any atom is 0.226 e. The van der Waals surface area contributed by atoms with Gasteiger partial charge in [0.15, 0.2) is 0 Å². The monoisotopic (exact) mass is 345 g/mol. The Morgan fingerprint density at radius 3 is 2.57 bits per heavy atom. The number of hydrogen-bond donors (Lipinski definition) is 0. The van der Waals surface area contributed by atoms with Gasteiger partial charge < -0.3 is 4.74 Å². The summed E-state index contributed by atoms with van der Waals surface area (Å²) in [6.45, 7) is 0.686. The highest BCUT2D eigenvalue weighted by Gasteiger charge is 2.16. The molecule has 4 nitrogen and oxygen atoms in total. The molecule has 0 aliphatic carbocycles. The minimum Gasteiger partial charge on any atom is -0.373 e. The Balaban J connectivity index is 1.61. The third-order valence-electron chi connectivity index (χ3n) is 3.12. The second-order valence-corrected chi connectivity index (χ2v) is 7.90. The van der Waals surface area contributed by atoms with E-state index < -0.39 is 9.84 Å². The fourth-order valence-corrected chi connectivity index (χ4v) is 4.29. The van der Waals surface area contributed by atoms with E-state index in [4.69, 9.17) is 4.74 Å². The zero-order valence-electron chi connectivity index (χ0n) is 12.3. The van der Waals surface area contributed by atoms with Crippen LogP contribution in [0, 0.1) is 0 Å². The van der Waals surface area contributed by atoms with Crippen molar-refractivity contribution in [2.45, 2.75) is 10.9 Å². The van der Waals surface area contributed by atoms with Crippen LogP contribution in [-0.2, 0) is 21.2 Å². The largest absolute Gasteiger partial charge is 0.373 e. The molecule has 3 rings (SSSR count). The first-order chi connectivity index (χ1) is 11.1. The van der Waals surface area contributed by atoms with Crippen molar-refractivity contribution in [2.75, 3.05) is 6.61 Å². The molecular formula is C17H15NO3S2. The van der Waals surface area contributed by atoms with Crippen LogP contribution >= 0.6 is 11.3 Å². The smallest absolute Gasteiger partial charge is 0.226 e. The molecule has 0 saturated carbocycles. The summed E-state index contributed by atoms with van der Waals surface area (Å²) < 4.78 is 30.9. The lowest BCUT2D eigenvalue weighted by molar-refractivity contribution is 0.149. The minimum absolute atomic E-state index is 0.109. The van der Waals surface area contributed by atoms with Crippen LogP contribution in [0.4, 0.5) is 0 Å². The van der Waals surface area contributed by atoms with Crippen molar-refractivity contribution in [3.05, 3.63) is 71.6 Å². The normalized spacial score (nSPS) is 12.2. The van der Waals surface area contributed by atoms with Gasteiger partial charge in [0.1, 0.15) is 0 Å². The molecule has 0 amide bonds. The van der Waals surface area contributed by atoms with E-state index in [1.54, 1.807) is 6.07 Å². The molecule has 0 fully saturated rings. The predicted molar refractivity (Wildman–Crippen MR) is 92.0 cm³/mol. The summed E-state index contributed by atoms with van der Waals surface area (Å²) >= 11 is 1.17. The molecular weight excluding hydrogens is 330 g/mol. The fraction of sp³-hybridized carbons (Fsp3) is 0.118. The summed E-state index contributed by atoms with van der Waals surface area (Å²) in [6, 6.07) is 17.1. The molecule has 1 aromatic heterocycles. The number of para-hydroxylation sites is 1. The number of hydrogen-bond acceptors (Lipinski definition) is 5. The first-order valence-electron chi connectivity index (χ1n) is 7.04. The summed E-state index contributed by atoms with van der Waals surface area (Å²) in [5.41, 5.74) is 1.75. The van der Waals surface area contributed by atoms with Gasteiger partial charge in [-0.3, -0.25) is 0 Å². The van der Waals surface area contributed by atoms with Gasteiger partial charge in [0.2, 0.25) is 14.2 Å². The maximum atomic E-state index is 12.2.